The van der Waals surface area contributed by atoms with Crippen LogP contribution in [0, 0.1) is 5.92 Å². The van der Waals surface area contributed by atoms with Crippen LogP contribution in [0.2, 0.25) is 0 Å². The van der Waals surface area contributed by atoms with Gasteiger partial charge in [0.1, 0.15) is 0 Å². The van der Waals surface area contributed by atoms with E-state index in [1.807, 2.05) is 0 Å². The summed E-state index contributed by atoms with van der Waals surface area (Å²) in [5.74, 6) is 0.947. The predicted molar refractivity (Wildman–Crippen MR) is 99.5 cm³/mol. The summed E-state index contributed by atoms with van der Waals surface area (Å²) in [7, 11) is 0. The molecule has 2 aliphatic carbocycles. The van der Waals surface area contributed by atoms with E-state index < -0.39 is 0 Å². The molecule has 0 radical (unpaired) electrons. The maximum Gasteiger partial charge on any atom is 0 e. The van der Waals surface area contributed by atoms with E-state index in [9.17, 15) is 0 Å². The van der Waals surface area contributed by atoms with Crippen molar-refractivity contribution in [3.8, 4) is 11.1 Å². The van der Waals surface area contributed by atoms with Crippen molar-refractivity contribution in [1.29, 1.82) is 0 Å². The summed E-state index contributed by atoms with van der Waals surface area (Å²) in [6.45, 7) is 2.22. The average Bonchev–Trinajstić information content (AvgIpc) is 3.24. The van der Waals surface area contributed by atoms with E-state index in [2.05, 4.69) is 55.5 Å². The van der Waals surface area contributed by atoms with Crippen molar-refractivity contribution in [2.75, 3.05) is 0 Å². The van der Waals surface area contributed by atoms with Gasteiger partial charge in [-0.1, -0.05) is 86.7 Å². The number of allylic oxidation sites excluding steroid dienone is 1. The van der Waals surface area contributed by atoms with Crippen LogP contribution in [0.5, 0.6) is 0 Å². The monoisotopic (exact) mass is 392 g/mol. The van der Waals surface area contributed by atoms with Gasteiger partial charge in [0, 0.05) is 26.2 Å². The Labute approximate surface area is 165 Å². The Balaban J connectivity index is 0.00000169. The molecule has 0 nitrogen and oxygen atoms in total. The van der Waals surface area contributed by atoms with E-state index in [1.165, 1.54) is 66.3 Å². The predicted octanol–water partition coefficient (Wildman–Crippen LogP) is 6.43. The van der Waals surface area contributed by atoms with Gasteiger partial charge in [0.15, 0.2) is 0 Å². The molecule has 1 saturated carbocycles. The molecular weight excluding hydrogens is 367 g/mol. The summed E-state index contributed by atoms with van der Waals surface area (Å²) in [4.78, 5) is 0. The van der Waals surface area contributed by atoms with E-state index in [0.29, 0.717) is 0 Å². The van der Waals surface area contributed by atoms with Crippen molar-refractivity contribution in [3.63, 3.8) is 0 Å². The van der Waals surface area contributed by atoms with Crippen LogP contribution in [0.1, 0.15) is 55.7 Å². The molecule has 4 rings (SSSR count). The van der Waals surface area contributed by atoms with E-state index in [-0.39, 0.29) is 26.2 Å². The van der Waals surface area contributed by atoms with Crippen LogP contribution >= 0.6 is 0 Å². The minimum atomic E-state index is 0. The molecule has 0 bridgehead atoms. The molecule has 24 heavy (non-hydrogen) atoms. The number of fused-ring (bicyclic) bond motifs is 1. The zero-order valence-electron chi connectivity index (χ0n) is 14.6. The summed E-state index contributed by atoms with van der Waals surface area (Å²) < 4.78 is 0. The van der Waals surface area contributed by atoms with Gasteiger partial charge < -0.3 is 0 Å². The third-order valence-corrected chi connectivity index (χ3v) is 5.66. The Bertz CT molecular complexity index is 718. The minimum absolute atomic E-state index is 0. The molecule has 0 heterocycles. The largest absolute Gasteiger partial charge is 0.0649 e. The van der Waals surface area contributed by atoms with Gasteiger partial charge in [-0.2, -0.15) is 0 Å². The van der Waals surface area contributed by atoms with Gasteiger partial charge in [-0.05, 0) is 53.0 Å². The van der Waals surface area contributed by atoms with Crippen LogP contribution in [0.3, 0.4) is 0 Å². The van der Waals surface area contributed by atoms with Gasteiger partial charge in [0.05, 0.1) is 0 Å². The van der Waals surface area contributed by atoms with E-state index in [1.54, 1.807) is 5.57 Å². The first kappa shape index (κ1) is 17.9. The Morgan fingerprint density at radius 3 is 2.42 bits per heavy atom. The van der Waals surface area contributed by atoms with Crippen molar-refractivity contribution in [2.45, 2.75) is 51.9 Å². The van der Waals surface area contributed by atoms with E-state index >= 15 is 0 Å². The number of rotatable bonds is 4. The first-order valence-electron chi connectivity index (χ1n) is 9.24. The van der Waals surface area contributed by atoms with E-state index in [0.717, 1.165) is 12.3 Å². The zero-order valence-corrected chi connectivity index (χ0v) is 17.1. The minimum Gasteiger partial charge on any atom is -0.0649 e. The van der Waals surface area contributed by atoms with Crippen molar-refractivity contribution in [3.05, 3.63) is 64.7 Å². The molecule has 2 aliphatic rings. The van der Waals surface area contributed by atoms with E-state index in [4.69, 9.17) is 0 Å². The second-order valence-corrected chi connectivity index (χ2v) is 7.26. The number of hydrogen-bond donors (Lipinski definition) is 0. The Morgan fingerprint density at radius 2 is 1.71 bits per heavy atom. The van der Waals surface area contributed by atoms with Crippen LogP contribution in [-0.2, 0) is 39.0 Å². The molecule has 2 aromatic rings. The molecule has 0 unspecified atom stereocenters. The number of aryl methyl sites for hydroxylation is 1. The maximum atomic E-state index is 2.50. The van der Waals surface area contributed by atoms with Gasteiger partial charge in [0.2, 0.25) is 0 Å². The second kappa shape index (κ2) is 7.96. The Hall–Kier alpha value is -0.937. The first-order valence-corrected chi connectivity index (χ1v) is 9.24. The summed E-state index contributed by atoms with van der Waals surface area (Å²) in [6.07, 6.45) is 11.9. The molecule has 2 aromatic carbocycles. The van der Waals surface area contributed by atoms with Gasteiger partial charge in [-0.3, -0.25) is 0 Å². The van der Waals surface area contributed by atoms with Gasteiger partial charge in [-0.25, -0.2) is 0 Å². The molecule has 0 atom stereocenters. The molecule has 1 fully saturated rings. The molecule has 1 heteroatoms. The summed E-state index contributed by atoms with van der Waals surface area (Å²) >= 11 is 0. The fraction of sp³-hybridized carbons (Fsp3) is 0.391. The molecule has 0 spiro atoms. The average molecular weight is 394 g/mol. The van der Waals surface area contributed by atoms with Crippen molar-refractivity contribution < 1.29 is 26.2 Å². The van der Waals surface area contributed by atoms with Crippen LogP contribution in [-0.4, -0.2) is 0 Å². The quantitative estimate of drug-likeness (QED) is 0.561. The maximum absolute atomic E-state index is 2.50. The molecule has 0 aliphatic heterocycles. The first-order chi connectivity index (χ1) is 11.3. The number of benzene rings is 2. The fourth-order valence-electron chi connectivity index (χ4n) is 4.33. The summed E-state index contributed by atoms with van der Waals surface area (Å²) in [5.41, 5.74) is 8.84. The summed E-state index contributed by atoms with van der Waals surface area (Å²) in [6, 6.07) is 16.0. The van der Waals surface area contributed by atoms with Crippen molar-refractivity contribution in [1.82, 2.24) is 0 Å². The number of hydrogen-bond acceptors (Lipinski definition) is 0. The van der Waals surface area contributed by atoms with Crippen LogP contribution < -0.4 is 0 Å². The standard InChI is InChI=1S/C23H26.Zr/c1-2-17-10-12-20(13-11-17)22-9-5-8-21-15-19(16-23(21)22)14-18-6-3-4-7-18;/h5,8-13,16,18H,2-4,6-7,14-15H2,1H3;. The molecule has 0 saturated heterocycles. The Kier molecular flexibility index (Phi) is 5.93. The van der Waals surface area contributed by atoms with Crippen LogP contribution in [0.4, 0.5) is 0 Å². The third kappa shape index (κ3) is 3.67. The van der Waals surface area contributed by atoms with Crippen LogP contribution in [0.15, 0.2) is 48.0 Å². The molecule has 122 valence electrons. The second-order valence-electron chi connectivity index (χ2n) is 7.26. The normalized spacial score (nSPS) is 16.6. The van der Waals surface area contributed by atoms with Gasteiger partial charge >= 0.3 is 0 Å². The zero-order chi connectivity index (χ0) is 15.6. The van der Waals surface area contributed by atoms with Crippen LogP contribution in [0.25, 0.3) is 17.2 Å². The molecule has 0 aromatic heterocycles. The fourth-order valence-corrected chi connectivity index (χ4v) is 4.33. The Morgan fingerprint density at radius 1 is 0.958 bits per heavy atom. The van der Waals surface area contributed by atoms with Crippen molar-refractivity contribution >= 4 is 6.08 Å². The van der Waals surface area contributed by atoms with Gasteiger partial charge in [-0.15, -0.1) is 0 Å². The molecule has 0 N–H and O–H groups in total. The van der Waals surface area contributed by atoms with Gasteiger partial charge in [0.25, 0.3) is 0 Å². The summed E-state index contributed by atoms with van der Waals surface area (Å²) in [5, 5.41) is 0. The SMILES string of the molecule is CCc1ccc(-c2cccc3c2C=C(CC2CCCC2)C3)cc1.[Zr]. The third-order valence-electron chi connectivity index (χ3n) is 5.66. The molecular formula is C23H26Zr. The topological polar surface area (TPSA) is 0 Å². The smallest absolute Gasteiger partial charge is 0 e. The van der Waals surface area contributed by atoms with Crippen molar-refractivity contribution in [2.24, 2.45) is 5.92 Å². The molecule has 0 amide bonds.